The number of rotatable bonds is 5. The first kappa shape index (κ1) is 16.0. The maximum Gasteiger partial charge on any atom is 0.341 e. The van der Waals surface area contributed by atoms with E-state index in [0.29, 0.717) is 11.6 Å². The van der Waals surface area contributed by atoms with E-state index in [1.54, 1.807) is 18.2 Å². The van der Waals surface area contributed by atoms with Gasteiger partial charge in [-0.05, 0) is 49.5 Å². The van der Waals surface area contributed by atoms with Gasteiger partial charge < -0.3 is 14.8 Å². The van der Waals surface area contributed by atoms with Crippen LogP contribution in [-0.4, -0.2) is 27.7 Å². The lowest BCUT2D eigenvalue weighted by molar-refractivity contribution is -0.139. The predicted octanol–water partition coefficient (Wildman–Crippen LogP) is 2.28. The fourth-order valence-corrected chi connectivity index (χ4v) is 2.70. The number of aromatic nitrogens is 2. The summed E-state index contributed by atoms with van der Waals surface area (Å²) in [4.78, 5) is 29.9. The second-order valence-electron chi connectivity index (χ2n) is 5.67. The molecule has 0 fully saturated rings. The minimum absolute atomic E-state index is 0.0447. The van der Waals surface area contributed by atoms with Crippen LogP contribution in [-0.2, 0) is 17.6 Å². The molecule has 0 unspecified atom stereocenters. The Hall–Kier alpha value is -2.89. The third-order valence-corrected chi connectivity index (χ3v) is 3.89. The Morgan fingerprint density at radius 3 is 2.71 bits per heavy atom. The summed E-state index contributed by atoms with van der Waals surface area (Å²) in [5.74, 6) is 0.0307. The number of nitrogens with zero attached hydrogens (tertiary/aromatic N) is 1. The molecule has 0 aliphatic heterocycles. The lowest BCUT2D eigenvalue weighted by Gasteiger charge is -2.13. The minimum Gasteiger partial charge on any atom is -0.482 e. The summed E-state index contributed by atoms with van der Waals surface area (Å²) < 4.78 is 5.08. The van der Waals surface area contributed by atoms with Crippen LogP contribution in [0.15, 0.2) is 29.1 Å². The van der Waals surface area contributed by atoms with Gasteiger partial charge in [0.1, 0.15) is 11.6 Å². The molecule has 1 aromatic heterocycles. The number of aliphatic carboxylic acids is 1. The van der Waals surface area contributed by atoms with Gasteiger partial charge in [-0.15, -0.1) is 0 Å². The van der Waals surface area contributed by atoms with Gasteiger partial charge in [-0.2, -0.15) is 0 Å². The average molecular weight is 326 g/mol. The molecule has 0 atom stereocenters. The highest BCUT2D eigenvalue weighted by Gasteiger charge is 2.14. The number of carboxylic acids is 1. The maximum absolute atomic E-state index is 12.1. The lowest BCUT2D eigenvalue weighted by Crippen LogP contribution is -2.21. The first-order valence-electron chi connectivity index (χ1n) is 7.86. The fourth-order valence-electron chi connectivity index (χ4n) is 2.70. The van der Waals surface area contributed by atoms with Crippen molar-refractivity contribution in [2.45, 2.75) is 25.7 Å². The molecule has 124 valence electrons. The van der Waals surface area contributed by atoms with Crippen LogP contribution in [0.3, 0.4) is 0 Å². The van der Waals surface area contributed by atoms with Gasteiger partial charge in [-0.3, -0.25) is 4.79 Å². The Morgan fingerprint density at radius 2 is 1.96 bits per heavy atom. The number of fused-ring (bicyclic) bond motifs is 1. The third kappa shape index (κ3) is 3.90. The highest BCUT2D eigenvalue weighted by molar-refractivity contribution is 5.69. The number of carbonyl (C=O) groups is 1. The summed E-state index contributed by atoms with van der Waals surface area (Å²) >= 11 is 0. The van der Waals surface area contributed by atoms with Crippen LogP contribution in [0.4, 0.5) is 0 Å². The molecule has 3 rings (SSSR count). The van der Waals surface area contributed by atoms with Crippen LogP contribution in [0, 0.1) is 0 Å². The quantitative estimate of drug-likeness (QED) is 0.879. The van der Waals surface area contributed by atoms with E-state index in [1.165, 1.54) is 0 Å². The Morgan fingerprint density at radius 1 is 1.21 bits per heavy atom. The molecule has 0 spiro atoms. The molecule has 0 saturated carbocycles. The number of H-pyrrole nitrogens is 1. The number of aromatic amines is 1. The van der Waals surface area contributed by atoms with E-state index in [9.17, 15) is 9.59 Å². The fraction of sp³-hybridized carbons (Fsp3) is 0.278. The van der Waals surface area contributed by atoms with Crippen molar-refractivity contribution in [2.75, 3.05) is 6.61 Å². The van der Waals surface area contributed by atoms with Gasteiger partial charge in [0.05, 0.1) is 5.69 Å². The molecule has 1 aliphatic carbocycles. The Balaban J connectivity index is 1.72. The van der Waals surface area contributed by atoms with Crippen molar-refractivity contribution in [2.24, 2.45) is 0 Å². The van der Waals surface area contributed by atoms with Gasteiger partial charge in [-0.25, -0.2) is 9.78 Å². The van der Waals surface area contributed by atoms with Crippen molar-refractivity contribution in [3.63, 3.8) is 0 Å². The van der Waals surface area contributed by atoms with Crippen LogP contribution in [0.2, 0.25) is 0 Å². The molecule has 0 amide bonds. The second-order valence-corrected chi connectivity index (χ2v) is 5.67. The summed E-state index contributed by atoms with van der Waals surface area (Å²) in [7, 11) is 0. The molecule has 24 heavy (non-hydrogen) atoms. The monoisotopic (exact) mass is 326 g/mol. The summed E-state index contributed by atoms with van der Waals surface area (Å²) in [5, 5.41) is 8.57. The number of benzene rings is 1. The van der Waals surface area contributed by atoms with E-state index in [0.717, 1.165) is 42.5 Å². The van der Waals surface area contributed by atoms with Crippen LogP contribution < -0.4 is 10.3 Å². The normalized spacial score (nSPS) is 13.7. The van der Waals surface area contributed by atoms with Gasteiger partial charge in [0, 0.05) is 5.56 Å². The van der Waals surface area contributed by atoms with Crippen LogP contribution in [0.1, 0.15) is 35.5 Å². The molecule has 6 nitrogen and oxygen atoms in total. The number of hydrogen-bond acceptors (Lipinski definition) is 4. The van der Waals surface area contributed by atoms with Crippen LogP contribution in [0.5, 0.6) is 5.75 Å². The van der Waals surface area contributed by atoms with Gasteiger partial charge in [0.2, 0.25) is 0 Å². The Kier molecular flexibility index (Phi) is 4.74. The standard InChI is InChI=1S/C18H18N2O4/c21-17(22)11-24-13-8-5-12(6-9-13)7-10-16-19-15-4-2-1-3-14(15)18(23)20-16/h5-10H,1-4,11H2,(H,21,22)(H,19,20,23). The third-order valence-electron chi connectivity index (χ3n) is 3.89. The molecule has 0 bridgehead atoms. The molecule has 0 radical (unpaired) electrons. The van der Waals surface area contributed by atoms with E-state index in [4.69, 9.17) is 9.84 Å². The number of carboxylic acid groups (broad SMARTS) is 1. The Bertz CT molecular complexity index is 822. The summed E-state index contributed by atoms with van der Waals surface area (Å²) in [6.07, 6.45) is 7.39. The molecule has 0 saturated heterocycles. The van der Waals surface area contributed by atoms with E-state index in [2.05, 4.69) is 9.97 Å². The predicted molar refractivity (Wildman–Crippen MR) is 90.0 cm³/mol. The molecule has 6 heteroatoms. The van der Waals surface area contributed by atoms with Gasteiger partial charge >= 0.3 is 5.97 Å². The molecular formula is C18H18N2O4. The van der Waals surface area contributed by atoms with E-state index < -0.39 is 5.97 Å². The summed E-state index contributed by atoms with van der Waals surface area (Å²) in [6, 6.07) is 7.02. The lowest BCUT2D eigenvalue weighted by atomic mass is 9.97. The molecular weight excluding hydrogens is 308 g/mol. The molecule has 2 N–H and O–H groups in total. The summed E-state index contributed by atoms with van der Waals surface area (Å²) in [5.41, 5.74) is 2.58. The average Bonchev–Trinajstić information content (AvgIpc) is 2.59. The SMILES string of the molecule is O=C(O)COc1ccc(C=Cc2nc3c(c(=O)[nH]2)CCCC3)cc1. The zero-order valence-electron chi connectivity index (χ0n) is 13.1. The largest absolute Gasteiger partial charge is 0.482 e. The van der Waals surface area contributed by atoms with Crippen molar-refractivity contribution in [3.8, 4) is 5.75 Å². The highest BCUT2D eigenvalue weighted by atomic mass is 16.5. The van der Waals surface area contributed by atoms with Crippen molar-refractivity contribution >= 4 is 18.1 Å². The van der Waals surface area contributed by atoms with Gasteiger partial charge in [0.25, 0.3) is 5.56 Å². The van der Waals surface area contributed by atoms with Gasteiger partial charge in [-0.1, -0.05) is 18.2 Å². The van der Waals surface area contributed by atoms with Crippen LogP contribution >= 0.6 is 0 Å². The molecule has 2 aromatic rings. The van der Waals surface area contributed by atoms with E-state index >= 15 is 0 Å². The zero-order chi connectivity index (χ0) is 16.9. The van der Waals surface area contributed by atoms with Crippen molar-refractivity contribution < 1.29 is 14.6 Å². The van der Waals surface area contributed by atoms with E-state index in [-0.39, 0.29) is 12.2 Å². The van der Waals surface area contributed by atoms with Crippen molar-refractivity contribution in [1.29, 1.82) is 0 Å². The number of nitrogens with one attached hydrogen (secondary N) is 1. The molecule has 1 aromatic carbocycles. The maximum atomic E-state index is 12.1. The highest BCUT2D eigenvalue weighted by Crippen LogP contribution is 2.17. The smallest absolute Gasteiger partial charge is 0.341 e. The van der Waals surface area contributed by atoms with Crippen molar-refractivity contribution in [1.82, 2.24) is 9.97 Å². The van der Waals surface area contributed by atoms with Crippen molar-refractivity contribution in [3.05, 3.63) is 57.3 Å². The number of aryl methyl sites for hydroxylation is 1. The first-order valence-corrected chi connectivity index (χ1v) is 7.86. The number of hydrogen-bond donors (Lipinski definition) is 2. The second kappa shape index (κ2) is 7.12. The first-order chi connectivity index (χ1) is 11.6. The van der Waals surface area contributed by atoms with E-state index in [1.807, 2.05) is 18.2 Å². The molecule has 1 heterocycles. The minimum atomic E-state index is -1.01. The topological polar surface area (TPSA) is 92.3 Å². The number of ether oxygens (including phenoxy) is 1. The summed E-state index contributed by atoms with van der Waals surface area (Å²) in [6.45, 7) is -0.366. The zero-order valence-corrected chi connectivity index (χ0v) is 13.1. The molecule has 1 aliphatic rings. The van der Waals surface area contributed by atoms with Gasteiger partial charge in [0.15, 0.2) is 6.61 Å². The Labute approximate surface area is 138 Å². The van der Waals surface area contributed by atoms with Crippen LogP contribution in [0.25, 0.3) is 12.2 Å².